The molecule has 0 heterocycles. The van der Waals surface area contributed by atoms with Crippen LogP contribution in [0.15, 0.2) is 41.7 Å². The fourth-order valence-corrected chi connectivity index (χ4v) is 3.29. The maximum atomic E-state index is 15.4. The van der Waals surface area contributed by atoms with E-state index >= 15 is 4.39 Å². The van der Waals surface area contributed by atoms with Gasteiger partial charge in [-0.15, -0.1) is 0 Å². The lowest BCUT2D eigenvalue weighted by Crippen LogP contribution is -2.45. The molecule has 0 aliphatic heterocycles. The van der Waals surface area contributed by atoms with Gasteiger partial charge in [-0.05, 0) is 31.6 Å². The lowest BCUT2D eigenvalue weighted by molar-refractivity contribution is -0.143. The average molecular weight is 374 g/mol. The summed E-state index contributed by atoms with van der Waals surface area (Å²) < 4.78 is 48.9. The number of ether oxygens (including phenoxy) is 1. The highest BCUT2D eigenvalue weighted by Crippen LogP contribution is 2.50. The summed E-state index contributed by atoms with van der Waals surface area (Å²) >= 11 is 6.02. The highest BCUT2D eigenvalue weighted by atomic mass is 35.5. The zero-order chi connectivity index (χ0) is 18.8. The molecule has 7 heteroatoms. The second-order valence-corrected chi connectivity index (χ2v) is 6.39. The first kappa shape index (κ1) is 19.5. The topological polar surface area (TPSA) is 52.3 Å². The first-order valence-corrected chi connectivity index (χ1v) is 8.20. The minimum absolute atomic E-state index is 0.0801. The van der Waals surface area contributed by atoms with E-state index in [1.807, 2.05) is 0 Å². The number of benzene rings is 1. The lowest BCUT2D eigenvalue weighted by atomic mass is 9.79. The van der Waals surface area contributed by atoms with Gasteiger partial charge in [0.05, 0.1) is 18.9 Å². The van der Waals surface area contributed by atoms with Gasteiger partial charge < -0.3 is 10.5 Å². The van der Waals surface area contributed by atoms with Gasteiger partial charge in [-0.1, -0.05) is 29.8 Å². The minimum Gasteiger partial charge on any atom is -0.466 e. The van der Waals surface area contributed by atoms with Crippen LogP contribution in [0, 0.1) is 11.7 Å². The first-order valence-electron chi connectivity index (χ1n) is 7.82. The number of alkyl halides is 2. The maximum absolute atomic E-state index is 15.4. The lowest BCUT2D eigenvalue weighted by Gasteiger charge is -2.36. The Hall–Kier alpha value is -1.79. The van der Waals surface area contributed by atoms with Gasteiger partial charge in [0.2, 0.25) is 5.13 Å². The van der Waals surface area contributed by atoms with Crippen molar-refractivity contribution < 1.29 is 22.7 Å². The molecule has 3 nitrogen and oxygen atoms in total. The van der Waals surface area contributed by atoms with Crippen molar-refractivity contribution in [3.63, 3.8) is 0 Å². The Labute approximate surface area is 149 Å². The normalized spacial score (nSPS) is 24.8. The third-order valence-electron chi connectivity index (χ3n) is 4.06. The molecule has 0 fully saturated rings. The van der Waals surface area contributed by atoms with Crippen LogP contribution < -0.4 is 5.73 Å². The summed E-state index contributed by atoms with van der Waals surface area (Å²) in [4.78, 5) is 11.6. The summed E-state index contributed by atoms with van der Waals surface area (Å²) in [5.41, 5.74) is 5.64. The number of carbonyl (C=O) groups is 1. The van der Waals surface area contributed by atoms with Crippen LogP contribution >= 0.6 is 11.6 Å². The van der Waals surface area contributed by atoms with Crippen LogP contribution in [0.1, 0.15) is 25.8 Å². The van der Waals surface area contributed by atoms with Crippen molar-refractivity contribution in [1.29, 1.82) is 0 Å². The second-order valence-electron chi connectivity index (χ2n) is 5.84. The number of nitrogens with two attached hydrogens (primary N) is 1. The molecule has 1 aliphatic rings. The van der Waals surface area contributed by atoms with Crippen LogP contribution in [-0.2, 0) is 9.53 Å². The van der Waals surface area contributed by atoms with Gasteiger partial charge in [0.25, 0.3) is 0 Å². The third kappa shape index (κ3) is 3.90. The standard InChI is InChI=1S/C18H19ClF3NO2/c1-3-25-15(24)9-14(23)16-17(21)10(2)8-12(18(16,19)22)11-6-4-5-7-13(11)20/h4-8,14,16H,3,9,23H2,1-2H3. The summed E-state index contributed by atoms with van der Waals surface area (Å²) in [5.74, 6) is -3.88. The monoisotopic (exact) mass is 373 g/mol. The Morgan fingerprint density at radius 3 is 2.64 bits per heavy atom. The highest BCUT2D eigenvalue weighted by molar-refractivity contribution is 6.29. The molecular formula is C18H19ClF3NO2. The molecule has 1 aromatic rings. The molecule has 136 valence electrons. The molecule has 2 rings (SSSR count). The van der Waals surface area contributed by atoms with E-state index < -0.39 is 41.1 Å². The van der Waals surface area contributed by atoms with Crippen LogP contribution in [0.3, 0.4) is 0 Å². The molecule has 0 saturated carbocycles. The Bertz CT molecular complexity index is 731. The summed E-state index contributed by atoms with van der Waals surface area (Å²) in [6, 6.07) is 4.20. The van der Waals surface area contributed by atoms with Gasteiger partial charge in [0, 0.05) is 17.2 Å². The molecule has 0 amide bonds. The Balaban J connectivity index is 2.45. The van der Waals surface area contributed by atoms with E-state index in [1.165, 1.54) is 25.1 Å². The molecule has 1 aromatic carbocycles. The molecule has 25 heavy (non-hydrogen) atoms. The van der Waals surface area contributed by atoms with Crippen molar-refractivity contribution in [2.24, 2.45) is 11.7 Å². The average Bonchev–Trinajstić information content (AvgIpc) is 2.51. The SMILES string of the molecule is CCOC(=O)CC(N)C1C(F)=C(C)C=C(c2ccccc2F)C1(F)Cl. The molecule has 0 saturated heterocycles. The number of rotatable bonds is 5. The Kier molecular flexibility index (Phi) is 5.95. The molecular weight excluding hydrogens is 355 g/mol. The number of hydrogen-bond donors (Lipinski definition) is 1. The molecule has 3 unspecified atom stereocenters. The van der Waals surface area contributed by atoms with Gasteiger partial charge >= 0.3 is 5.97 Å². The molecule has 1 aliphatic carbocycles. The van der Waals surface area contributed by atoms with Crippen molar-refractivity contribution in [2.75, 3.05) is 6.61 Å². The van der Waals surface area contributed by atoms with Crippen molar-refractivity contribution in [3.05, 3.63) is 53.1 Å². The van der Waals surface area contributed by atoms with Gasteiger partial charge in [-0.3, -0.25) is 4.79 Å². The van der Waals surface area contributed by atoms with E-state index in [-0.39, 0.29) is 23.3 Å². The number of allylic oxidation sites excluding steroid dienone is 3. The maximum Gasteiger partial charge on any atom is 0.307 e. The van der Waals surface area contributed by atoms with Crippen molar-refractivity contribution >= 4 is 23.1 Å². The van der Waals surface area contributed by atoms with E-state index in [1.54, 1.807) is 6.92 Å². The summed E-state index contributed by atoms with van der Waals surface area (Å²) in [7, 11) is 0. The number of carbonyl (C=O) groups excluding carboxylic acids is 1. The molecule has 3 atom stereocenters. The van der Waals surface area contributed by atoms with Crippen LogP contribution in [-0.4, -0.2) is 23.7 Å². The molecule has 0 spiro atoms. The Morgan fingerprint density at radius 1 is 1.40 bits per heavy atom. The smallest absolute Gasteiger partial charge is 0.307 e. The second kappa shape index (κ2) is 7.62. The minimum atomic E-state index is -2.81. The van der Waals surface area contributed by atoms with Crippen molar-refractivity contribution in [3.8, 4) is 0 Å². The predicted molar refractivity (Wildman–Crippen MR) is 90.6 cm³/mol. The van der Waals surface area contributed by atoms with Crippen LogP contribution in [0.4, 0.5) is 13.2 Å². The van der Waals surface area contributed by atoms with Crippen molar-refractivity contribution in [1.82, 2.24) is 0 Å². The van der Waals surface area contributed by atoms with E-state index in [2.05, 4.69) is 0 Å². The fourth-order valence-electron chi connectivity index (χ4n) is 2.88. The Morgan fingerprint density at radius 2 is 2.04 bits per heavy atom. The van der Waals surface area contributed by atoms with E-state index in [0.29, 0.717) is 0 Å². The molecule has 2 N–H and O–H groups in total. The number of esters is 1. The fraction of sp³-hybridized carbons (Fsp3) is 0.389. The third-order valence-corrected chi connectivity index (χ3v) is 4.50. The van der Waals surface area contributed by atoms with E-state index in [4.69, 9.17) is 22.1 Å². The van der Waals surface area contributed by atoms with Gasteiger partial charge in [-0.25, -0.2) is 13.2 Å². The summed E-state index contributed by atoms with van der Waals surface area (Å²) in [5, 5.41) is -2.81. The van der Waals surface area contributed by atoms with Gasteiger partial charge in [-0.2, -0.15) is 0 Å². The number of hydrogen-bond acceptors (Lipinski definition) is 3. The van der Waals surface area contributed by atoms with Crippen molar-refractivity contribution in [2.45, 2.75) is 31.4 Å². The van der Waals surface area contributed by atoms with Gasteiger partial charge in [0.1, 0.15) is 11.6 Å². The summed E-state index contributed by atoms with van der Waals surface area (Å²) in [6.45, 7) is 3.14. The quantitative estimate of drug-likeness (QED) is 0.619. The highest BCUT2D eigenvalue weighted by Gasteiger charge is 2.50. The van der Waals surface area contributed by atoms with E-state index in [9.17, 15) is 13.6 Å². The number of halogens is 4. The zero-order valence-electron chi connectivity index (χ0n) is 13.9. The van der Waals surface area contributed by atoms with E-state index in [0.717, 1.165) is 12.1 Å². The zero-order valence-corrected chi connectivity index (χ0v) is 14.6. The predicted octanol–water partition coefficient (Wildman–Crippen LogP) is 4.27. The van der Waals surface area contributed by atoms with Gasteiger partial charge in [0.15, 0.2) is 0 Å². The molecule has 0 aromatic heterocycles. The molecule has 0 radical (unpaired) electrons. The first-order chi connectivity index (χ1) is 11.7. The molecule has 0 bridgehead atoms. The van der Waals surface area contributed by atoms with Crippen LogP contribution in [0.2, 0.25) is 0 Å². The van der Waals surface area contributed by atoms with Crippen LogP contribution in [0.5, 0.6) is 0 Å². The largest absolute Gasteiger partial charge is 0.466 e. The summed E-state index contributed by atoms with van der Waals surface area (Å²) in [6.07, 6.45) is 0.747. The van der Waals surface area contributed by atoms with Crippen LogP contribution in [0.25, 0.3) is 5.57 Å².